The maximum atomic E-state index is 2.44. The van der Waals surface area contributed by atoms with E-state index in [0.717, 1.165) is 0 Å². The highest BCUT2D eigenvalue weighted by Gasteiger charge is 2.27. The van der Waals surface area contributed by atoms with Crippen LogP contribution in [0.15, 0.2) is 48.7 Å². The standard InChI is InChI=1S/C25H31N2/c1-18-6-12-24-22(16-18)10-8-20(3)26(24)14-5-15-27-21(4)9-11-23-17-19(2)7-13-25(23)27/h5-7,12-17,20-21H,8-11H2,1-4H3/q+1/t20-,21-/m1/s1. The van der Waals surface area contributed by atoms with Crippen LogP contribution in [0.2, 0.25) is 0 Å². The summed E-state index contributed by atoms with van der Waals surface area (Å²) in [6, 6.07) is 14.8. The summed E-state index contributed by atoms with van der Waals surface area (Å²) in [5.74, 6) is 0. The van der Waals surface area contributed by atoms with Crippen LogP contribution in [0.5, 0.6) is 0 Å². The molecule has 0 amide bonds. The molecule has 0 unspecified atom stereocenters. The first kappa shape index (κ1) is 18.0. The van der Waals surface area contributed by atoms with Gasteiger partial charge in [-0.3, -0.25) is 0 Å². The minimum Gasteiger partial charge on any atom is -0.345 e. The van der Waals surface area contributed by atoms with E-state index in [4.69, 9.17) is 0 Å². The highest BCUT2D eigenvalue weighted by Crippen LogP contribution is 2.32. The van der Waals surface area contributed by atoms with Gasteiger partial charge in [-0.15, -0.1) is 0 Å². The molecular formula is C25H31N2+. The Bertz CT molecular complexity index is 907. The van der Waals surface area contributed by atoms with E-state index in [2.05, 4.69) is 92.1 Å². The van der Waals surface area contributed by atoms with Crippen molar-refractivity contribution < 1.29 is 4.58 Å². The van der Waals surface area contributed by atoms with Gasteiger partial charge in [0.25, 0.3) is 0 Å². The van der Waals surface area contributed by atoms with Crippen molar-refractivity contribution in [1.29, 1.82) is 0 Å². The van der Waals surface area contributed by atoms with Gasteiger partial charge in [0.2, 0.25) is 5.69 Å². The van der Waals surface area contributed by atoms with E-state index in [9.17, 15) is 0 Å². The molecule has 0 fully saturated rings. The Morgan fingerprint density at radius 2 is 1.63 bits per heavy atom. The molecule has 2 heteroatoms. The molecule has 0 bridgehead atoms. The quantitative estimate of drug-likeness (QED) is 0.623. The van der Waals surface area contributed by atoms with Crippen molar-refractivity contribution in [2.24, 2.45) is 0 Å². The van der Waals surface area contributed by atoms with Crippen molar-refractivity contribution in [2.75, 3.05) is 4.90 Å². The smallest absolute Gasteiger partial charge is 0.208 e. The van der Waals surface area contributed by atoms with Gasteiger partial charge in [-0.2, -0.15) is 4.58 Å². The molecule has 4 rings (SSSR count). The van der Waals surface area contributed by atoms with Crippen LogP contribution in [0.25, 0.3) is 0 Å². The molecule has 2 atom stereocenters. The van der Waals surface area contributed by atoms with Crippen molar-refractivity contribution in [2.45, 2.75) is 65.5 Å². The van der Waals surface area contributed by atoms with Gasteiger partial charge in [-0.25, -0.2) is 0 Å². The average Bonchev–Trinajstić information content (AvgIpc) is 2.65. The Balaban J connectivity index is 1.64. The maximum Gasteiger partial charge on any atom is 0.208 e. The minimum atomic E-state index is 0.540. The average molecular weight is 360 g/mol. The second-order valence-corrected chi connectivity index (χ2v) is 8.34. The number of allylic oxidation sites excluding steroid dienone is 1. The Kier molecular flexibility index (Phi) is 4.90. The molecule has 2 aromatic carbocycles. The van der Waals surface area contributed by atoms with E-state index in [-0.39, 0.29) is 0 Å². The largest absolute Gasteiger partial charge is 0.345 e. The molecule has 2 heterocycles. The van der Waals surface area contributed by atoms with Gasteiger partial charge in [-0.05, 0) is 64.7 Å². The number of aryl methyl sites for hydroxylation is 4. The highest BCUT2D eigenvalue weighted by atomic mass is 15.1. The molecular weight excluding hydrogens is 328 g/mol. The predicted octanol–water partition coefficient (Wildman–Crippen LogP) is 5.71. The van der Waals surface area contributed by atoms with E-state index in [1.54, 1.807) is 0 Å². The Morgan fingerprint density at radius 1 is 0.926 bits per heavy atom. The molecule has 2 aliphatic rings. The number of rotatable bonds is 2. The van der Waals surface area contributed by atoms with Crippen molar-refractivity contribution in [1.82, 2.24) is 0 Å². The zero-order valence-corrected chi connectivity index (χ0v) is 17.1. The van der Waals surface area contributed by atoms with Crippen LogP contribution >= 0.6 is 0 Å². The molecule has 140 valence electrons. The number of fused-ring (bicyclic) bond motifs is 2. The zero-order valence-electron chi connectivity index (χ0n) is 17.1. The first-order valence-electron chi connectivity index (χ1n) is 10.3. The number of nitrogens with zero attached hydrogens (tertiary/aromatic N) is 2. The Morgan fingerprint density at radius 3 is 2.44 bits per heavy atom. The van der Waals surface area contributed by atoms with Crippen LogP contribution in [0.4, 0.5) is 11.4 Å². The zero-order chi connectivity index (χ0) is 19.0. The van der Waals surface area contributed by atoms with Crippen LogP contribution in [-0.4, -0.2) is 22.9 Å². The fourth-order valence-corrected chi connectivity index (χ4v) is 4.49. The van der Waals surface area contributed by atoms with E-state index < -0.39 is 0 Å². The van der Waals surface area contributed by atoms with Gasteiger partial charge in [-0.1, -0.05) is 29.3 Å². The summed E-state index contributed by atoms with van der Waals surface area (Å²) in [6.07, 6.45) is 11.6. The second-order valence-electron chi connectivity index (χ2n) is 8.34. The van der Waals surface area contributed by atoms with E-state index in [1.165, 1.54) is 59.3 Å². The van der Waals surface area contributed by atoms with Crippen LogP contribution in [0, 0.1) is 13.8 Å². The molecule has 0 aromatic heterocycles. The summed E-state index contributed by atoms with van der Waals surface area (Å²) in [5.41, 5.74) is 8.40. The highest BCUT2D eigenvalue weighted by molar-refractivity contribution is 5.70. The number of anilines is 1. The summed E-state index contributed by atoms with van der Waals surface area (Å²) in [5, 5.41) is 0. The summed E-state index contributed by atoms with van der Waals surface area (Å²) < 4.78 is 2.44. The van der Waals surface area contributed by atoms with Crippen molar-refractivity contribution in [3.63, 3.8) is 0 Å². The summed E-state index contributed by atoms with van der Waals surface area (Å²) >= 11 is 0. The molecule has 0 spiro atoms. The summed E-state index contributed by atoms with van der Waals surface area (Å²) in [7, 11) is 0. The lowest BCUT2D eigenvalue weighted by molar-refractivity contribution is -0.481. The van der Waals surface area contributed by atoms with Crippen LogP contribution in [0.3, 0.4) is 0 Å². The molecule has 0 N–H and O–H groups in total. The van der Waals surface area contributed by atoms with Crippen LogP contribution in [-0.2, 0) is 12.8 Å². The topological polar surface area (TPSA) is 6.25 Å². The van der Waals surface area contributed by atoms with Gasteiger partial charge in [0.15, 0.2) is 12.3 Å². The molecule has 2 nitrogen and oxygen atoms in total. The molecule has 0 aliphatic carbocycles. The van der Waals surface area contributed by atoms with Gasteiger partial charge in [0, 0.05) is 42.1 Å². The third-order valence-electron chi connectivity index (χ3n) is 6.13. The SMILES string of the molecule is Cc1ccc2c(c1)CC[C@@H](C)N2/C=C/C=[N+]1c2ccc(C)cc2CC[C@H]1C. The molecule has 2 aromatic rings. The Hall–Kier alpha value is -2.35. The normalized spacial score (nSPS) is 23.6. The first-order chi connectivity index (χ1) is 13.0. The number of benzene rings is 2. The maximum absolute atomic E-state index is 2.44. The minimum absolute atomic E-state index is 0.540. The van der Waals surface area contributed by atoms with Gasteiger partial charge >= 0.3 is 0 Å². The molecule has 27 heavy (non-hydrogen) atoms. The van der Waals surface area contributed by atoms with E-state index >= 15 is 0 Å². The molecule has 0 saturated heterocycles. The third kappa shape index (κ3) is 3.58. The second kappa shape index (κ2) is 7.34. The van der Waals surface area contributed by atoms with Gasteiger partial charge in [0.05, 0.1) is 0 Å². The fraction of sp³-hybridized carbons (Fsp3) is 0.400. The Labute approximate surface area is 163 Å². The van der Waals surface area contributed by atoms with Crippen LogP contribution < -0.4 is 4.90 Å². The number of hydrogen-bond donors (Lipinski definition) is 0. The first-order valence-corrected chi connectivity index (χ1v) is 10.3. The van der Waals surface area contributed by atoms with E-state index in [0.29, 0.717) is 12.1 Å². The van der Waals surface area contributed by atoms with E-state index in [1.807, 2.05) is 0 Å². The van der Waals surface area contributed by atoms with Crippen molar-refractivity contribution in [3.05, 3.63) is 70.9 Å². The monoisotopic (exact) mass is 359 g/mol. The number of hydrogen-bond acceptors (Lipinski definition) is 1. The lowest BCUT2D eigenvalue weighted by Gasteiger charge is -2.34. The summed E-state index contributed by atoms with van der Waals surface area (Å²) in [6.45, 7) is 9.02. The third-order valence-corrected chi connectivity index (χ3v) is 6.13. The van der Waals surface area contributed by atoms with Crippen LogP contribution in [0.1, 0.15) is 48.9 Å². The predicted molar refractivity (Wildman–Crippen MR) is 116 cm³/mol. The van der Waals surface area contributed by atoms with Gasteiger partial charge in [0.1, 0.15) is 0 Å². The molecule has 2 aliphatic heterocycles. The van der Waals surface area contributed by atoms with Gasteiger partial charge < -0.3 is 4.90 Å². The lowest BCUT2D eigenvalue weighted by atomic mass is 9.95. The lowest BCUT2D eigenvalue weighted by Crippen LogP contribution is -2.33. The van der Waals surface area contributed by atoms with Crippen molar-refractivity contribution >= 4 is 17.6 Å². The van der Waals surface area contributed by atoms with Crippen molar-refractivity contribution in [3.8, 4) is 0 Å². The molecule has 0 radical (unpaired) electrons. The molecule has 0 saturated carbocycles. The summed E-state index contributed by atoms with van der Waals surface area (Å²) in [4.78, 5) is 2.44. The fourth-order valence-electron chi connectivity index (χ4n) is 4.49.